The number of phenols is 1. The van der Waals surface area contributed by atoms with Gasteiger partial charge in [0.1, 0.15) is 33.9 Å². The van der Waals surface area contributed by atoms with Crippen LogP contribution in [0.1, 0.15) is 20.7 Å². The van der Waals surface area contributed by atoms with Gasteiger partial charge in [-0.25, -0.2) is 28.3 Å². The Morgan fingerprint density at radius 1 is 0.795 bits per heavy atom. The SMILES string of the molecule is COC(=O)c1cc(Br)cnc1Cl.COC(=O)c1cc(Br)cnc1Oc1ccc(F)cc1.Oc1ccc(F)cc1. The van der Waals surface area contributed by atoms with E-state index in [0.717, 1.165) is 0 Å². The third kappa shape index (κ3) is 10.6. The molecule has 2 aromatic carbocycles. The number of pyridine rings is 2. The molecule has 0 fully saturated rings. The highest BCUT2D eigenvalue weighted by atomic mass is 79.9. The predicted octanol–water partition coefficient (Wildman–Crippen LogP) is 7.38. The van der Waals surface area contributed by atoms with E-state index in [1.54, 1.807) is 6.07 Å². The molecule has 13 heteroatoms. The molecule has 0 radical (unpaired) electrons. The number of aromatic nitrogens is 2. The van der Waals surface area contributed by atoms with Crippen molar-refractivity contribution >= 4 is 55.4 Å². The summed E-state index contributed by atoms with van der Waals surface area (Å²) in [5, 5.41) is 8.73. The number of methoxy groups -OCH3 is 2. The molecule has 204 valence electrons. The lowest BCUT2D eigenvalue weighted by Crippen LogP contribution is -2.05. The first-order valence-corrected chi connectivity index (χ1v) is 12.5. The Hall–Kier alpha value is -3.61. The normalized spacial score (nSPS) is 9.72. The van der Waals surface area contributed by atoms with Crippen molar-refractivity contribution in [1.82, 2.24) is 9.97 Å². The Morgan fingerprint density at radius 2 is 1.26 bits per heavy atom. The summed E-state index contributed by atoms with van der Waals surface area (Å²) >= 11 is 12.0. The number of halogens is 5. The van der Waals surface area contributed by atoms with E-state index in [9.17, 15) is 18.4 Å². The molecule has 2 aromatic heterocycles. The van der Waals surface area contributed by atoms with Gasteiger partial charge in [-0.2, -0.15) is 0 Å². The molecule has 0 spiro atoms. The van der Waals surface area contributed by atoms with Crippen molar-refractivity contribution in [2.45, 2.75) is 0 Å². The van der Waals surface area contributed by atoms with Crippen molar-refractivity contribution in [1.29, 1.82) is 0 Å². The number of nitrogens with zero attached hydrogens (tertiary/aromatic N) is 2. The molecular formula is C26H19Br2ClF2N2O6. The zero-order valence-corrected chi connectivity index (χ0v) is 24.1. The fourth-order valence-corrected chi connectivity index (χ4v) is 3.34. The maximum Gasteiger partial charge on any atom is 0.343 e. The number of hydrogen-bond donors (Lipinski definition) is 1. The van der Waals surface area contributed by atoms with Crippen molar-refractivity contribution in [3.8, 4) is 17.4 Å². The van der Waals surface area contributed by atoms with Crippen LogP contribution in [0.2, 0.25) is 5.15 Å². The number of phenolic OH excluding ortho intramolecular Hbond substituents is 1. The number of carbonyl (C=O) groups excluding carboxylic acids is 2. The van der Waals surface area contributed by atoms with E-state index in [1.165, 1.54) is 81.2 Å². The van der Waals surface area contributed by atoms with Gasteiger partial charge in [-0.15, -0.1) is 0 Å². The number of esters is 2. The van der Waals surface area contributed by atoms with Gasteiger partial charge in [0, 0.05) is 21.3 Å². The molecule has 4 aromatic rings. The molecule has 1 N–H and O–H groups in total. The van der Waals surface area contributed by atoms with Crippen LogP contribution in [-0.4, -0.2) is 41.2 Å². The largest absolute Gasteiger partial charge is 0.508 e. The van der Waals surface area contributed by atoms with Gasteiger partial charge in [-0.1, -0.05) is 11.6 Å². The molecule has 0 aliphatic heterocycles. The van der Waals surface area contributed by atoms with Crippen LogP contribution in [0.3, 0.4) is 0 Å². The van der Waals surface area contributed by atoms with Crippen molar-refractivity contribution in [3.05, 3.63) is 110 Å². The molecule has 0 saturated carbocycles. The maximum absolute atomic E-state index is 12.8. The molecule has 0 amide bonds. The third-order valence-corrected chi connectivity index (χ3v) is 5.46. The first-order valence-electron chi connectivity index (χ1n) is 10.5. The van der Waals surface area contributed by atoms with E-state index in [1.807, 2.05) is 0 Å². The summed E-state index contributed by atoms with van der Waals surface area (Å²) in [4.78, 5) is 30.4. The van der Waals surface area contributed by atoms with Gasteiger partial charge in [0.15, 0.2) is 0 Å². The van der Waals surface area contributed by atoms with Gasteiger partial charge >= 0.3 is 11.9 Å². The Bertz CT molecular complexity index is 1390. The summed E-state index contributed by atoms with van der Waals surface area (Å²) in [6.45, 7) is 0. The molecule has 2 heterocycles. The molecule has 0 aliphatic rings. The lowest BCUT2D eigenvalue weighted by Gasteiger charge is -2.09. The summed E-state index contributed by atoms with van der Waals surface area (Å²) in [6.07, 6.45) is 3.00. The van der Waals surface area contributed by atoms with Gasteiger partial charge < -0.3 is 19.3 Å². The summed E-state index contributed by atoms with van der Waals surface area (Å²) in [5.74, 6) is -1.19. The third-order valence-electron chi connectivity index (χ3n) is 4.29. The van der Waals surface area contributed by atoms with Gasteiger partial charge in [0.05, 0.1) is 19.8 Å². The van der Waals surface area contributed by atoms with Gasteiger partial charge in [0.25, 0.3) is 0 Å². The first-order chi connectivity index (χ1) is 18.5. The average molecular weight is 689 g/mol. The molecule has 0 atom stereocenters. The minimum Gasteiger partial charge on any atom is -0.508 e. The van der Waals surface area contributed by atoms with Crippen LogP contribution in [0, 0.1) is 11.6 Å². The monoisotopic (exact) mass is 686 g/mol. The van der Waals surface area contributed by atoms with Crippen molar-refractivity contribution < 1.29 is 37.7 Å². The number of ether oxygens (including phenoxy) is 3. The molecule has 0 bridgehead atoms. The number of benzene rings is 2. The quantitative estimate of drug-likeness (QED) is 0.175. The Kier molecular flexibility index (Phi) is 12.7. The van der Waals surface area contributed by atoms with E-state index < -0.39 is 11.9 Å². The highest BCUT2D eigenvalue weighted by molar-refractivity contribution is 9.10. The van der Waals surface area contributed by atoms with E-state index in [0.29, 0.717) is 14.7 Å². The Morgan fingerprint density at radius 3 is 1.77 bits per heavy atom. The van der Waals surface area contributed by atoms with Crippen molar-refractivity contribution in [2.24, 2.45) is 0 Å². The van der Waals surface area contributed by atoms with Crippen LogP contribution in [0.5, 0.6) is 17.4 Å². The van der Waals surface area contributed by atoms with Crippen molar-refractivity contribution in [3.63, 3.8) is 0 Å². The smallest absolute Gasteiger partial charge is 0.343 e. The maximum atomic E-state index is 12.8. The van der Waals surface area contributed by atoms with E-state index >= 15 is 0 Å². The number of hydrogen-bond acceptors (Lipinski definition) is 8. The zero-order chi connectivity index (χ0) is 28.9. The zero-order valence-electron chi connectivity index (χ0n) is 20.2. The van der Waals surface area contributed by atoms with Gasteiger partial charge in [-0.05, 0) is 92.5 Å². The van der Waals surface area contributed by atoms with Crippen LogP contribution in [0.15, 0.2) is 82.0 Å². The van der Waals surface area contributed by atoms with Crippen LogP contribution >= 0.6 is 43.5 Å². The molecule has 0 unspecified atom stereocenters. The Balaban J connectivity index is 0.000000227. The average Bonchev–Trinajstić information content (AvgIpc) is 2.93. The predicted molar refractivity (Wildman–Crippen MR) is 146 cm³/mol. The lowest BCUT2D eigenvalue weighted by molar-refractivity contribution is 0.0589. The second-order valence-corrected chi connectivity index (χ2v) is 9.20. The highest BCUT2D eigenvalue weighted by Gasteiger charge is 2.16. The molecule has 8 nitrogen and oxygen atoms in total. The number of rotatable bonds is 4. The van der Waals surface area contributed by atoms with Crippen LogP contribution in [-0.2, 0) is 9.47 Å². The van der Waals surface area contributed by atoms with E-state index in [2.05, 4.69) is 51.3 Å². The van der Waals surface area contributed by atoms with E-state index in [4.69, 9.17) is 21.4 Å². The molecular weight excluding hydrogens is 670 g/mol. The van der Waals surface area contributed by atoms with Gasteiger partial charge in [-0.3, -0.25) is 0 Å². The Labute approximate surface area is 243 Å². The van der Waals surface area contributed by atoms with Crippen molar-refractivity contribution in [2.75, 3.05) is 14.2 Å². The molecule has 0 saturated heterocycles. The van der Waals surface area contributed by atoms with Gasteiger partial charge in [0.2, 0.25) is 5.88 Å². The summed E-state index contributed by atoms with van der Waals surface area (Å²) in [7, 11) is 2.56. The highest BCUT2D eigenvalue weighted by Crippen LogP contribution is 2.26. The second kappa shape index (κ2) is 15.7. The fraction of sp³-hybridized carbons (Fsp3) is 0.0769. The summed E-state index contributed by atoms with van der Waals surface area (Å²) in [6, 6.07) is 13.5. The minimum atomic E-state index is -0.564. The van der Waals surface area contributed by atoms with E-state index in [-0.39, 0.29) is 39.5 Å². The molecule has 0 aliphatic carbocycles. The van der Waals surface area contributed by atoms with Crippen LogP contribution < -0.4 is 4.74 Å². The van der Waals surface area contributed by atoms with Crippen LogP contribution in [0.25, 0.3) is 0 Å². The molecule has 39 heavy (non-hydrogen) atoms. The minimum absolute atomic E-state index is 0.0893. The fourth-order valence-electron chi connectivity index (χ4n) is 2.50. The number of carbonyl (C=O) groups is 2. The molecule has 4 rings (SSSR count). The number of aromatic hydroxyl groups is 1. The standard InChI is InChI=1S/C13H9BrFNO3.C7H5BrClNO2.C6H5FO/c1-18-13(17)11-6-8(14)7-16-12(11)19-10-4-2-9(15)3-5-10;1-12-7(11)5-2-4(8)3-10-6(5)9;7-5-1-3-6(8)4-2-5/h2-7H,1H3;2-3H,1H3;1-4,8H. The summed E-state index contributed by atoms with van der Waals surface area (Å²) in [5.41, 5.74) is 0.440. The first kappa shape index (κ1) is 31.6. The summed E-state index contributed by atoms with van der Waals surface area (Å²) < 4.78 is 40.7. The second-order valence-electron chi connectivity index (χ2n) is 7.01. The lowest BCUT2D eigenvalue weighted by atomic mass is 10.2. The van der Waals surface area contributed by atoms with Crippen LogP contribution in [0.4, 0.5) is 8.78 Å². The topological polar surface area (TPSA) is 108 Å².